The van der Waals surface area contributed by atoms with Crippen LogP contribution in [0.15, 0.2) is 72.3 Å². The molecule has 2 nitrogen and oxygen atoms in total. The lowest BCUT2D eigenvalue weighted by Crippen LogP contribution is -1.96. The molecular weight excluding hydrogens is 495 g/mol. The Labute approximate surface area is 230 Å². The zero-order chi connectivity index (χ0) is 27.3. The number of aromatic amines is 2. The average Bonchev–Trinajstić information content (AvgIpc) is 3.40. The first kappa shape index (κ1) is 28.1. The van der Waals surface area contributed by atoms with Crippen LogP contribution in [0.4, 0.5) is 0 Å². The maximum absolute atomic E-state index is 6.78. The number of fused-ring (bicyclic) bond motifs is 2. The topological polar surface area (TPSA) is 31.6 Å². The van der Waals surface area contributed by atoms with Gasteiger partial charge in [-0.1, -0.05) is 97.6 Å². The molecule has 0 aliphatic rings. The summed E-state index contributed by atoms with van der Waals surface area (Å²) in [5, 5.41) is 3.39. The summed E-state index contributed by atoms with van der Waals surface area (Å²) in [6, 6.07) is 0. The van der Waals surface area contributed by atoms with Crippen molar-refractivity contribution in [1.82, 2.24) is 9.97 Å². The second-order valence-corrected chi connectivity index (χ2v) is 9.69. The molecule has 0 saturated carbocycles. The van der Waals surface area contributed by atoms with Gasteiger partial charge >= 0.3 is 0 Å². The predicted molar refractivity (Wildman–Crippen MR) is 171 cm³/mol. The molecule has 3 aromatic rings. The third-order valence-electron chi connectivity index (χ3n) is 6.23. The number of rotatable bonds is 9. The van der Waals surface area contributed by atoms with Crippen LogP contribution < -0.4 is 0 Å². The Bertz CT molecular complexity index is 1560. The Hall–Kier alpha value is -3.46. The zero-order valence-corrected chi connectivity index (χ0v) is 23.7. The van der Waals surface area contributed by atoms with E-state index in [0.717, 1.165) is 66.6 Å². The van der Waals surface area contributed by atoms with E-state index in [2.05, 4.69) is 47.9 Å². The van der Waals surface area contributed by atoms with Gasteiger partial charge in [0.1, 0.15) is 0 Å². The third-order valence-corrected chi connectivity index (χ3v) is 6.63. The van der Waals surface area contributed by atoms with Crippen LogP contribution in [0, 0.1) is 0 Å². The lowest BCUT2D eigenvalue weighted by molar-refractivity contribution is 1.41. The van der Waals surface area contributed by atoms with E-state index in [0.29, 0.717) is 10.1 Å². The number of hydrogen-bond donors (Lipinski definition) is 2. The summed E-state index contributed by atoms with van der Waals surface area (Å²) in [6.07, 6.45) is 21.6. The van der Waals surface area contributed by atoms with Gasteiger partial charge in [-0.2, -0.15) is 0 Å². The van der Waals surface area contributed by atoms with Crippen LogP contribution in [0.1, 0.15) is 68.3 Å². The van der Waals surface area contributed by atoms with E-state index in [1.54, 1.807) is 6.08 Å². The monoisotopic (exact) mass is 528 g/mol. The summed E-state index contributed by atoms with van der Waals surface area (Å²) in [4.78, 5) is 7.38. The van der Waals surface area contributed by atoms with Gasteiger partial charge in [0.05, 0.1) is 11.0 Å². The van der Waals surface area contributed by atoms with Crippen molar-refractivity contribution in [3.63, 3.8) is 0 Å². The van der Waals surface area contributed by atoms with Gasteiger partial charge in [-0.3, -0.25) is 0 Å². The first-order chi connectivity index (χ1) is 17.8. The molecule has 2 heterocycles. The van der Waals surface area contributed by atoms with Crippen LogP contribution in [-0.4, -0.2) is 9.97 Å². The van der Waals surface area contributed by atoms with Gasteiger partial charge in [0.15, 0.2) is 0 Å². The molecule has 0 radical (unpaired) electrons. The molecule has 4 heteroatoms. The highest BCUT2D eigenvalue weighted by molar-refractivity contribution is 6.36. The van der Waals surface area contributed by atoms with Crippen molar-refractivity contribution in [3.05, 3.63) is 106 Å². The van der Waals surface area contributed by atoms with Crippen LogP contribution in [0.3, 0.4) is 0 Å². The van der Waals surface area contributed by atoms with E-state index in [9.17, 15) is 0 Å². The standard InChI is InChI=1S/C33H34Cl2N2/c1-9-15-19-25(21(8)35)31-29-23(14-6)27(18-12-4)36-32(29)30(24(16-10-2)20(7)34)28-22(13-5)26(17-11-3)37-33(28)31/h9-19,36-37H,1,5-6H2,2-4,7-8H3/b16-10-,17-11-,18-12-,19-15-,24-20-,25-21-. The number of H-pyrrole nitrogens is 2. The van der Waals surface area contributed by atoms with Crippen molar-refractivity contribution in [3.8, 4) is 0 Å². The van der Waals surface area contributed by atoms with Gasteiger partial charge in [-0.05, 0) is 57.9 Å². The summed E-state index contributed by atoms with van der Waals surface area (Å²) < 4.78 is 0. The van der Waals surface area contributed by atoms with E-state index in [1.165, 1.54) is 0 Å². The van der Waals surface area contributed by atoms with Crippen molar-refractivity contribution >= 4 is 80.5 Å². The largest absolute Gasteiger partial charge is 0.354 e. The first-order valence-corrected chi connectivity index (χ1v) is 13.0. The van der Waals surface area contributed by atoms with Crippen LogP contribution in [-0.2, 0) is 0 Å². The molecule has 1 aromatic carbocycles. The number of halogens is 2. The lowest BCUT2D eigenvalue weighted by Gasteiger charge is -2.16. The molecular formula is C33H34Cl2N2. The third kappa shape index (κ3) is 5.05. The van der Waals surface area contributed by atoms with Crippen molar-refractivity contribution in [2.75, 3.05) is 0 Å². The summed E-state index contributed by atoms with van der Waals surface area (Å²) in [5.74, 6) is 0. The lowest BCUT2D eigenvalue weighted by atomic mass is 9.88. The Kier molecular flexibility index (Phi) is 9.26. The summed E-state index contributed by atoms with van der Waals surface area (Å²) in [7, 11) is 0. The van der Waals surface area contributed by atoms with E-state index in [-0.39, 0.29) is 0 Å². The molecule has 190 valence electrons. The molecule has 0 fully saturated rings. The van der Waals surface area contributed by atoms with Crippen LogP contribution >= 0.6 is 23.2 Å². The van der Waals surface area contributed by atoms with Crippen molar-refractivity contribution in [2.24, 2.45) is 0 Å². The quantitative estimate of drug-likeness (QED) is 0.258. The Balaban J connectivity index is 2.91. The predicted octanol–water partition coefficient (Wildman–Crippen LogP) is 11.3. The molecule has 2 aromatic heterocycles. The fourth-order valence-corrected chi connectivity index (χ4v) is 5.16. The highest BCUT2D eigenvalue weighted by Crippen LogP contribution is 2.47. The van der Waals surface area contributed by atoms with Crippen molar-refractivity contribution < 1.29 is 0 Å². The number of hydrogen-bond acceptors (Lipinski definition) is 0. The van der Waals surface area contributed by atoms with Gasteiger partial charge in [-0.15, -0.1) is 0 Å². The van der Waals surface area contributed by atoms with E-state index < -0.39 is 0 Å². The Morgan fingerprint density at radius 2 is 1.11 bits per heavy atom. The highest BCUT2D eigenvalue weighted by atomic mass is 35.5. The summed E-state index contributed by atoms with van der Waals surface area (Å²) >= 11 is 13.5. The Morgan fingerprint density at radius 3 is 1.43 bits per heavy atom. The smallest absolute Gasteiger partial charge is 0.0559 e. The van der Waals surface area contributed by atoms with Crippen molar-refractivity contribution in [2.45, 2.75) is 34.6 Å². The molecule has 0 bridgehead atoms. The maximum Gasteiger partial charge on any atom is 0.0559 e. The minimum Gasteiger partial charge on any atom is -0.354 e. The number of benzene rings is 1. The molecule has 3 rings (SSSR count). The van der Waals surface area contributed by atoms with Gasteiger partial charge in [0.2, 0.25) is 0 Å². The highest BCUT2D eigenvalue weighted by Gasteiger charge is 2.27. The summed E-state index contributed by atoms with van der Waals surface area (Å²) in [5.41, 5.74) is 9.60. The molecule has 2 N–H and O–H groups in total. The second kappa shape index (κ2) is 12.2. The van der Waals surface area contributed by atoms with E-state index in [1.807, 2.05) is 77.2 Å². The molecule has 0 amide bonds. The van der Waals surface area contributed by atoms with Crippen LogP contribution in [0.2, 0.25) is 0 Å². The second-order valence-electron chi connectivity index (χ2n) is 8.55. The average molecular weight is 530 g/mol. The fourth-order valence-electron chi connectivity index (χ4n) is 4.84. The summed E-state index contributed by atoms with van der Waals surface area (Å²) in [6.45, 7) is 22.0. The zero-order valence-electron chi connectivity index (χ0n) is 22.2. The van der Waals surface area contributed by atoms with E-state index >= 15 is 0 Å². The molecule has 0 aliphatic carbocycles. The minimum atomic E-state index is 0.664. The minimum absolute atomic E-state index is 0.664. The van der Waals surface area contributed by atoms with Gasteiger partial charge in [0.25, 0.3) is 0 Å². The number of nitrogens with one attached hydrogen (secondary N) is 2. The normalized spacial score (nSPS) is 14.0. The molecule has 0 spiro atoms. The molecule has 0 atom stereocenters. The Morgan fingerprint density at radius 1 is 0.676 bits per heavy atom. The molecule has 0 saturated heterocycles. The van der Waals surface area contributed by atoms with Gasteiger partial charge in [0, 0.05) is 54.5 Å². The van der Waals surface area contributed by atoms with Gasteiger partial charge in [-0.25, -0.2) is 0 Å². The molecule has 37 heavy (non-hydrogen) atoms. The van der Waals surface area contributed by atoms with Crippen LogP contribution in [0.25, 0.3) is 57.3 Å². The SMILES string of the molecule is C=C/C=C\C(=C(/C)Cl)c1c2[nH]c(/C=C\C)c(C=C)c2c(C(/C=C\C)=C(/C)Cl)c2[nH]c(/C=C\C)c(C=C)c12. The number of allylic oxidation sites excluding steroid dienone is 11. The number of aromatic nitrogens is 2. The van der Waals surface area contributed by atoms with Crippen LogP contribution in [0.5, 0.6) is 0 Å². The van der Waals surface area contributed by atoms with E-state index in [4.69, 9.17) is 23.2 Å². The maximum atomic E-state index is 6.78. The molecule has 0 unspecified atom stereocenters. The van der Waals surface area contributed by atoms with Crippen molar-refractivity contribution in [1.29, 1.82) is 0 Å². The van der Waals surface area contributed by atoms with Gasteiger partial charge < -0.3 is 9.97 Å². The fraction of sp³-hybridized carbons (Fsp3) is 0.152. The first-order valence-electron chi connectivity index (χ1n) is 12.2. The molecule has 0 aliphatic heterocycles.